The third kappa shape index (κ3) is 7.30. The summed E-state index contributed by atoms with van der Waals surface area (Å²) in [5, 5.41) is 8.38. The van der Waals surface area contributed by atoms with Gasteiger partial charge in [-0.1, -0.05) is 42.2 Å². The van der Waals surface area contributed by atoms with E-state index in [4.69, 9.17) is 16.7 Å². The summed E-state index contributed by atoms with van der Waals surface area (Å²) < 4.78 is 22.6. The molecule has 1 aliphatic carbocycles. The van der Waals surface area contributed by atoms with Gasteiger partial charge in [0.1, 0.15) is 4.34 Å². The summed E-state index contributed by atoms with van der Waals surface area (Å²) in [5.74, 6) is -0.251. The number of primary sulfonamides is 1. The number of sulfonamides is 1. The number of urea groups is 1. The van der Waals surface area contributed by atoms with E-state index in [9.17, 15) is 18.0 Å². The first-order valence-electron chi connectivity index (χ1n) is 10.7. The molecule has 3 N–H and O–H groups in total. The van der Waals surface area contributed by atoms with Crippen molar-refractivity contribution in [1.82, 2.24) is 14.8 Å². The Bertz CT molecular complexity index is 864. The summed E-state index contributed by atoms with van der Waals surface area (Å²) in [5.41, 5.74) is 0. The zero-order chi connectivity index (χ0) is 22.4. The number of thiazole rings is 1. The van der Waals surface area contributed by atoms with Gasteiger partial charge in [0, 0.05) is 31.6 Å². The lowest BCUT2D eigenvalue weighted by Crippen LogP contribution is -2.54. The van der Waals surface area contributed by atoms with Gasteiger partial charge < -0.3 is 9.80 Å². The van der Waals surface area contributed by atoms with Gasteiger partial charge in [-0.2, -0.15) is 0 Å². The molecule has 1 saturated heterocycles. The highest BCUT2D eigenvalue weighted by Gasteiger charge is 2.35. The summed E-state index contributed by atoms with van der Waals surface area (Å²) in [7, 11) is -3.55. The van der Waals surface area contributed by atoms with Gasteiger partial charge in [0.2, 0.25) is 15.9 Å². The highest BCUT2D eigenvalue weighted by Crippen LogP contribution is 2.30. The van der Waals surface area contributed by atoms with Gasteiger partial charge >= 0.3 is 6.03 Å². The molecule has 1 aromatic rings. The Balaban J connectivity index is 1.58. The van der Waals surface area contributed by atoms with Crippen molar-refractivity contribution >= 4 is 50.0 Å². The number of nitrogens with two attached hydrogens (primary N) is 1. The summed E-state index contributed by atoms with van der Waals surface area (Å²) in [6.07, 6.45) is 8.69. The number of carbonyl (C=O) groups excluding carboxylic acids is 2. The van der Waals surface area contributed by atoms with Crippen LogP contribution in [0.15, 0.2) is 6.20 Å². The first kappa shape index (κ1) is 24.2. The molecule has 0 bridgehead atoms. The number of amides is 3. The number of anilines is 1. The molecule has 31 heavy (non-hydrogen) atoms. The number of likely N-dealkylation sites (tertiary alicyclic amines) is 1. The molecular weight excluding hydrogens is 462 g/mol. The molecule has 9 nitrogen and oxygen atoms in total. The Kier molecular flexibility index (Phi) is 8.54. The van der Waals surface area contributed by atoms with Gasteiger partial charge in [0.25, 0.3) is 0 Å². The topological polar surface area (TPSA) is 126 Å². The molecule has 12 heteroatoms. The average Bonchev–Trinajstić information content (AvgIpc) is 3.13. The molecule has 1 aromatic heterocycles. The minimum atomic E-state index is -3.55. The molecule has 1 aliphatic heterocycles. The number of hydrogen-bond donors (Lipinski definition) is 2. The predicted molar refractivity (Wildman–Crippen MR) is 122 cm³/mol. The Hall–Kier alpha value is -1.43. The van der Waals surface area contributed by atoms with E-state index in [-0.39, 0.29) is 42.6 Å². The molecule has 2 heterocycles. The lowest BCUT2D eigenvalue weighted by atomic mass is 9.91. The second-order valence-corrected chi connectivity index (χ2v) is 11.6. The van der Waals surface area contributed by atoms with Crippen molar-refractivity contribution in [2.24, 2.45) is 5.14 Å². The van der Waals surface area contributed by atoms with Gasteiger partial charge in [-0.3, -0.25) is 10.1 Å². The summed E-state index contributed by atoms with van der Waals surface area (Å²) in [6.45, 7) is 1.11. The van der Waals surface area contributed by atoms with Crippen LogP contribution in [0.2, 0.25) is 4.34 Å². The average molecular weight is 492 g/mol. The van der Waals surface area contributed by atoms with Crippen LogP contribution in [0.3, 0.4) is 0 Å². The molecular formula is C19H30ClN5O4S2. The van der Waals surface area contributed by atoms with Crippen molar-refractivity contribution in [3.8, 4) is 0 Å². The number of rotatable bonds is 7. The van der Waals surface area contributed by atoms with E-state index in [0.717, 1.165) is 25.7 Å². The first-order valence-corrected chi connectivity index (χ1v) is 13.6. The molecule has 0 radical (unpaired) electrons. The van der Waals surface area contributed by atoms with Gasteiger partial charge in [-0.25, -0.2) is 23.3 Å². The van der Waals surface area contributed by atoms with E-state index < -0.39 is 10.0 Å². The normalized spacial score (nSPS) is 18.7. The summed E-state index contributed by atoms with van der Waals surface area (Å²) in [4.78, 5) is 33.4. The van der Waals surface area contributed by atoms with Crippen LogP contribution in [0.4, 0.5) is 9.93 Å². The van der Waals surface area contributed by atoms with Crippen molar-refractivity contribution in [1.29, 1.82) is 0 Å². The monoisotopic (exact) mass is 491 g/mol. The van der Waals surface area contributed by atoms with E-state index in [1.165, 1.54) is 24.0 Å². The largest absolute Gasteiger partial charge is 0.343 e. The van der Waals surface area contributed by atoms with Gasteiger partial charge in [-0.15, -0.1) is 0 Å². The SMILES string of the molecule is NS(=O)(=O)CCCC(=O)N1CCC(N(C(=O)Nc2ncc(Cl)s2)C2CCCCC2)CC1. The van der Waals surface area contributed by atoms with Crippen LogP contribution in [0.5, 0.6) is 0 Å². The van der Waals surface area contributed by atoms with Crippen molar-refractivity contribution in [3.05, 3.63) is 10.5 Å². The quantitative estimate of drug-likeness (QED) is 0.606. The molecule has 174 valence electrons. The molecule has 3 amide bonds. The second-order valence-electron chi connectivity index (χ2n) is 8.18. The molecule has 2 aliphatic rings. The lowest BCUT2D eigenvalue weighted by Gasteiger charge is -2.43. The zero-order valence-corrected chi connectivity index (χ0v) is 19.9. The predicted octanol–water partition coefficient (Wildman–Crippen LogP) is 3.02. The molecule has 1 saturated carbocycles. The molecule has 0 aromatic carbocycles. The fourth-order valence-electron chi connectivity index (χ4n) is 4.43. The highest BCUT2D eigenvalue weighted by molar-refractivity contribution is 7.89. The van der Waals surface area contributed by atoms with Crippen molar-refractivity contribution < 1.29 is 18.0 Å². The van der Waals surface area contributed by atoms with Crippen LogP contribution >= 0.6 is 22.9 Å². The van der Waals surface area contributed by atoms with Gasteiger partial charge in [0.15, 0.2) is 5.13 Å². The van der Waals surface area contributed by atoms with Crippen molar-refractivity contribution in [3.63, 3.8) is 0 Å². The highest BCUT2D eigenvalue weighted by atomic mass is 35.5. The van der Waals surface area contributed by atoms with E-state index in [0.29, 0.717) is 35.4 Å². The number of piperidine rings is 1. The molecule has 3 rings (SSSR count). The molecule has 0 spiro atoms. The minimum absolute atomic E-state index is 0.0482. The summed E-state index contributed by atoms with van der Waals surface area (Å²) in [6, 6.07) is 0.0778. The number of hydrogen-bond acceptors (Lipinski definition) is 6. The van der Waals surface area contributed by atoms with Gasteiger partial charge in [-0.05, 0) is 32.1 Å². The number of halogens is 1. The van der Waals surface area contributed by atoms with Crippen LogP contribution in [-0.4, -0.2) is 66.1 Å². The molecule has 0 atom stereocenters. The number of aromatic nitrogens is 1. The Morgan fingerprint density at radius 2 is 1.84 bits per heavy atom. The zero-order valence-electron chi connectivity index (χ0n) is 17.5. The summed E-state index contributed by atoms with van der Waals surface area (Å²) >= 11 is 7.17. The van der Waals surface area contributed by atoms with E-state index in [1.54, 1.807) is 4.90 Å². The number of nitrogens with zero attached hydrogens (tertiary/aromatic N) is 3. The maximum absolute atomic E-state index is 13.2. The van der Waals surface area contributed by atoms with Gasteiger partial charge in [0.05, 0.1) is 11.9 Å². The smallest absolute Gasteiger partial charge is 0.324 e. The molecule has 0 unspecified atom stereocenters. The fraction of sp³-hybridized carbons (Fsp3) is 0.737. The van der Waals surface area contributed by atoms with Crippen LogP contribution in [0, 0.1) is 0 Å². The van der Waals surface area contributed by atoms with Crippen molar-refractivity contribution in [2.45, 2.75) is 69.9 Å². The van der Waals surface area contributed by atoms with E-state index in [2.05, 4.69) is 10.3 Å². The van der Waals surface area contributed by atoms with Crippen LogP contribution in [0.25, 0.3) is 0 Å². The fourth-order valence-corrected chi connectivity index (χ4v) is 5.78. The molecule has 2 fully saturated rings. The van der Waals surface area contributed by atoms with E-state index >= 15 is 0 Å². The number of carbonyl (C=O) groups is 2. The van der Waals surface area contributed by atoms with Crippen LogP contribution < -0.4 is 10.5 Å². The maximum atomic E-state index is 13.2. The Morgan fingerprint density at radius 1 is 1.19 bits per heavy atom. The van der Waals surface area contributed by atoms with Crippen molar-refractivity contribution in [2.75, 3.05) is 24.2 Å². The third-order valence-corrected chi connectivity index (χ3v) is 7.81. The standard InChI is InChI=1S/C19H30ClN5O4S2/c20-16-13-22-18(30-16)23-19(27)25(14-5-2-1-3-6-14)15-8-10-24(11-9-15)17(26)7-4-12-31(21,28)29/h13-15H,1-12H2,(H2,21,28,29)(H,22,23,27). The number of nitrogens with one attached hydrogen (secondary N) is 1. The minimum Gasteiger partial charge on any atom is -0.343 e. The lowest BCUT2D eigenvalue weighted by molar-refractivity contribution is -0.132. The third-order valence-electron chi connectivity index (χ3n) is 5.92. The first-order chi connectivity index (χ1) is 14.7. The maximum Gasteiger partial charge on any atom is 0.324 e. The Morgan fingerprint density at radius 3 is 2.42 bits per heavy atom. The van der Waals surface area contributed by atoms with Crippen LogP contribution in [0.1, 0.15) is 57.8 Å². The Labute approximate surface area is 192 Å². The van der Waals surface area contributed by atoms with Crippen LogP contribution in [-0.2, 0) is 14.8 Å². The van der Waals surface area contributed by atoms with E-state index in [1.807, 2.05) is 4.90 Å². The second kappa shape index (κ2) is 10.9.